The van der Waals surface area contributed by atoms with E-state index in [1.165, 1.54) is 0 Å². The lowest BCUT2D eigenvalue weighted by atomic mass is 9.99. The Labute approximate surface area is 115 Å². The van der Waals surface area contributed by atoms with Crippen molar-refractivity contribution in [2.45, 2.75) is 39.2 Å². The fourth-order valence-electron chi connectivity index (χ4n) is 1.93. The molecule has 1 amide bonds. The van der Waals surface area contributed by atoms with Crippen molar-refractivity contribution in [2.24, 2.45) is 0 Å². The summed E-state index contributed by atoms with van der Waals surface area (Å²) >= 11 is 0. The Morgan fingerprint density at radius 3 is 2.25 bits per heavy atom. The van der Waals surface area contributed by atoms with Gasteiger partial charge in [-0.1, -0.05) is 18.2 Å². The number of rotatable bonds is 6. The molecule has 0 radical (unpaired) electrons. The summed E-state index contributed by atoms with van der Waals surface area (Å²) in [6.07, 6.45) is -3.70. The van der Waals surface area contributed by atoms with Crippen LogP contribution in [0.1, 0.15) is 23.1 Å². The molecule has 0 aliphatic carbocycles. The quantitative estimate of drug-likeness (QED) is 0.841. The van der Waals surface area contributed by atoms with Gasteiger partial charge in [-0.3, -0.25) is 4.79 Å². The molecule has 0 saturated carbocycles. The number of benzene rings is 1. The molecule has 0 aromatic heterocycles. The fraction of sp³-hybridized carbons (Fsp3) is 0.429. The second kappa shape index (κ2) is 6.98. The lowest BCUT2D eigenvalue weighted by molar-refractivity contribution is -0.142. The van der Waals surface area contributed by atoms with Gasteiger partial charge in [0.25, 0.3) is 0 Å². The molecule has 2 N–H and O–H groups in total. The Balaban J connectivity index is 2.73. The first kappa shape index (κ1) is 16.1. The molecule has 1 aromatic rings. The van der Waals surface area contributed by atoms with Crippen molar-refractivity contribution in [3.05, 3.63) is 34.9 Å². The highest BCUT2D eigenvalue weighted by Gasteiger charge is 2.24. The summed E-state index contributed by atoms with van der Waals surface area (Å²) < 4.78 is 24.5. The van der Waals surface area contributed by atoms with Crippen molar-refractivity contribution < 1.29 is 23.5 Å². The van der Waals surface area contributed by atoms with Crippen LogP contribution in [0, 0.1) is 13.8 Å². The van der Waals surface area contributed by atoms with E-state index in [0.29, 0.717) is 0 Å². The fourth-order valence-corrected chi connectivity index (χ4v) is 1.93. The second-order valence-electron chi connectivity index (χ2n) is 4.63. The summed E-state index contributed by atoms with van der Waals surface area (Å²) in [5.74, 6) is -2.03. The van der Waals surface area contributed by atoms with Gasteiger partial charge in [-0.2, -0.15) is 0 Å². The maximum atomic E-state index is 12.2. The summed E-state index contributed by atoms with van der Waals surface area (Å²) in [5, 5.41) is 10.9. The standard InChI is InChI=1S/C14H17F2NO3/c1-8-4-3-5-9(2)10(8)6-13(18)17-11(14(19)20)7-12(15)16/h3-5,11-12H,6-7H2,1-2H3,(H,17,18)(H,19,20). The van der Waals surface area contributed by atoms with E-state index < -0.39 is 30.8 Å². The number of hydrogen-bond acceptors (Lipinski definition) is 2. The molecular formula is C14H17F2NO3. The molecule has 1 aromatic carbocycles. The van der Waals surface area contributed by atoms with Gasteiger partial charge in [-0.25, -0.2) is 13.6 Å². The van der Waals surface area contributed by atoms with E-state index in [-0.39, 0.29) is 6.42 Å². The van der Waals surface area contributed by atoms with Crippen LogP contribution in [0.25, 0.3) is 0 Å². The Morgan fingerprint density at radius 1 is 1.25 bits per heavy atom. The highest BCUT2D eigenvalue weighted by atomic mass is 19.3. The SMILES string of the molecule is Cc1cccc(C)c1CC(=O)NC(CC(F)F)C(=O)O. The van der Waals surface area contributed by atoms with Gasteiger partial charge in [0.1, 0.15) is 6.04 Å². The smallest absolute Gasteiger partial charge is 0.326 e. The zero-order chi connectivity index (χ0) is 15.3. The molecule has 4 nitrogen and oxygen atoms in total. The number of halogens is 2. The van der Waals surface area contributed by atoms with Crippen LogP contribution >= 0.6 is 0 Å². The van der Waals surface area contributed by atoms with Gasteiger partial charge in [-0.05, 0) is 30.5 Å². The minimum absolute atomic E-state index is 0.0223. The average molecular weight is 285 g/mol. The zero-order valence-electron chi connectivity index (χ0n) is 11.3. The van der Waals surface area contributed by atoms with Gasteiger partial charge >= 0.3 is 5.97 Å². The topological polar surface area (TPSA) is 66.4 Å². The van der Waals surface area contributed by atoms with E-state index in [1.54, 1.807) is 0 Å². The number of carbonyl (C=O) groups is 2. The van der Waals surface area contributed by atoms with Gasteiger partial charge in [-0.15, -0.1) is 0 Å². The van der Waals surface area contributed by atoms with Crippen LogP contribution in [0.15, 0.2) is 18.2 Å². The molecule has 110 valence electrons. The number of amides is 1. The van der Waals surface area contributed by atoms with Crippen LogP contribution in [0.4, 0.5) is 8.78 Å². The predicted molar refractivity (Wildman–Crippen MR) is 69.8 cm³/mol. The number of carboxylic acid groups (broad SMARTS) is 1. The summed E-state index contributed by atoms with van der Waals surface area (Å²) in [6.45, 7) is 3.67. The van der Waals surface area contributed by atoms with Gasteiger partial charge in [0.2, 0.25) is 12.3 Å². The lowest BCUT2D eigenvalue weighted by Crippen LogP contribution is -2.42. The lowest BCUT2D eigenvalue weighted by Gasteiger charge is -2.15. The Hall–Kier alpha value is -1.98. The molecule has 0 saturated heterocycles. The van der Waals surface area contributed by atoms with Crippen LogP contribution in [0.5, 0.6) is 0 Å². The largest absolute Gasteiger partial charge is 0.480 e. The molecule has 1 rings (SSSR count). The van der Waals surface area contributed by atoms with Gasteiger partial charge in [0.05, 0.1) is 6.42 Å². The van der Waals surface area contributed by atoms with Crippen molar-refractivity contribution in [3.8, 4) is 0 Å². The van der Waals surface area contributed by atoms with E-state index in [9.17, 15) is 18.4 Å². The van der Waals surface area contributed by atoms with Crippen molar-refractivity contribution in [2.75, 3.05) is 0 Å². The van der Waals surface area contributed by atoms with E-state index in [0.717, 1.165) is 16.7 Å². The van der Waals surface area contributed by atoms with Crippen LogP contribution in [-0.4, -0.2) is 29.5 Å². The summed E-state index contributed by atoms with van der Waals surface area (Å²) in [5.41, 5.74) is 2.59. The minimum atomic E-state index is -2.78. The predicted octanol–water partition coefficient (Wildman–Crippen LogP) is 2.07. The minimum Gasteiger partial charge on any atom is -0.480 e. The number of carboxylic acids is 1. The molecular weight excluding hydrogens is 268 g/mol. The highest BCUT2D eigenvalue weighted by Crippen LogP contribution is 2.14. The maximum Gasteiger partial charge on any atom is 0.326 e. The van der Waals surface area contributed by atoms with Crippen molar-refractivity contribution in [3.63, 3.8) is 0 Å². The van der Waals surface area contributed by atoms with Crippen molar-refractivity contribution >= 4 is 11.9 Å². The van der Waals surface area contributed by atoms with E-state index in [4.69, 9.17) is 5.11 Å². The van der Waals surface area contributed by atoms with Crippen molar-refractivity contribution in [1.82, 2.24) is 5.32 Å². The second-order valence-corrected chi connectivity index (χ2v) is 4.63. The summed E-state index contributed by atoms with van der Waals surface area (Å²) in [7, 11) is 0. The maximum absolute atomic E-state index is 12.2. The average Bonchev–Trinajstić information content (AvgIpc) is 2.32. The molecule has 0 bridgehead atoms. The van der Waals surface area contributed by atoms with Crippen LogP contribution in [-0.2, 0) is 16.0 Å². The molecule has 6 heteroatoms. The summed E-state index contributed by atoms with van der Waals surface area (Å²) in [4.78, 5) is 22.6. The molecule has 20 heavy (non-hydrogen) atoms. The third-order valence-electron chi connectivity index (χ3n) is 3.03. The first-order valence-electron chi connectivity index (χ1n) is 6.16. The zero-order valence-corrected chi connectivity index (χ0v) is 11.3. The molecule has 0 heterocycles. The highest BCUT2D eigenvalue weighted by molar-refractivity contribution is 5.85. The van der Waals surface area contributed by atoms with Crippen LogP contribution in [0.3, 0.4) is 0 Å². The Bertz CT molecular complexity index is 483. The number of nitrogens with one attached hydrogen (secondary N) is 1. The van der Waals surface area contributed by atoms with Gasteiger partial charge < -0.3 is 10.4 Å². The van der Waals surface area contributed by atoms with Gasteiger partial charge in [0.15, 0.2) is 0 Å². The van der Waals surface area contributed by atoms with E-state index in [1.807, 2.05) is 32.0 Å². The monoisotopic (exact) mass is 285 g/mol. The molecule has 1 atom stereocenters. The molecule has 0 fully saturated rings. The number of hydrogen-bond donors (Lipinski definition) is 2. The molecule has 1 unspecified atom stereocenters. The van der Waals surface area contributed by atoms with Gasteiger partial charge in [0, 0.05) is 6.42 Å². The van der Waals surface area contributed by atoms with Crippen molar-refractivity contribution in [1.29, 1.82) is 0 Å². The van der Waals surface area contributed by atoms with E-state index in [2.05, 4.69) is 5.32 Å². The Morgan fingerprint density at radius 2 is 1.80 bits per heavy atom. The number of aliphatic carboxylic acids is 1. The molecule has 0 spiro atoms. The van der Waals surface area contributed by atoms with Crippen LogP contribution in [0.2, 0.25) is 0 Å². The summed E-state index contributed by atoms with van der Waals surface area (Å²) in [6, 6.07) is 3.96. The number of aryl methyl sites for hydroxylation is 2. The van der Waals surface area contributed by atoms with E-state index >= 15 is 0 Å². The molecule has 0 aliphatic heterocycles. The first-order valence-corrected chi connectivity index (χ1v) is 6.16. The Kier molecular flexibility index (Phi) is 5.61. The number of alkyl halides is 2. The molecule has 0 aliphatic rings. The van der Waals surface area contributed by atoms with Crippen LogP contribution < -0.4 is 5.32 Å². The third kappa shape index (κ3) is 4.60. The third-order valence-corrected chi connectivity index (χ3v) is 3.03. The first-order chi connectivity index (χ1) is 9.31. The number of carbonyl (C=O) groups excluding carboxylic acids is 1. The normalized spacial score (nSPS) is 12.2.